The van der Waals surface area contributed by atoms with Gasteiger partial charge >= 0.3 is 0 Å². The van der Waals surface area contributed by atoms with Crippen molar-refractivity contribution in [1.82, 2.24) is 9.97 Å². The number of nitrogens with zero attached hydrogens (tertiary/aromatic N) is 2. The molecule has 0 atom stereocenters. The number of ether oxygens (including phenoxy) is 1. The summed E-state index contributed by atoms with van der Waals surface area (Å²) in [5, 5.41) is 12.0. The van der Waals surface area contributed by atoms with Crippen LogP contribution in [-0.2, 0) is 6.61 Å². The lowest BCUT2D eigenvalue weighted by atomic mass is 10.0. The molecule has 0 aliphatic heterocycles. The number of aromatic nitrogens is 2. The standard InChI is InChI=1S/C29H19N3O3/c1-17-9-12-21(22-13-19(15-30)29(33)32-28(17)22)27-14-23-25(7-4-8-26(23)35-27)34-16-20-11-10-18-5-2-3-6-24(18)31-20/h2-14H,16H2,1H3,(H,32,33). The molecule has 3 aromatic carbocycles. The summed E-state index contributed by atoms with van der Waals surface area (Å²) in [4.78, 5) is 19.7. The van der Waals surface area contributed by atoms with E-state index < -0.39 is 5.56 Å². The SMILES string of the molecule is Cc1ccc(-c2cc3c(OCc4ccc5ccccc5n4)cccc3o2)c2cc(C#N)c(=O)[nH]c12. The van der Waals surface area contributed by atoms with E-state index in [1.54, 1.807) is 6.07 Å². The van der Waals surface area contributed by atoms with Crippen molar-refractivity contribution in [3.63, 3.8) is 0 Å². The number of fused-ring (bicyclic) bond motifs is 3. The molecule has 0 saturated heterocycles. The zero-order valence-corrected chi connectivity index (χ0v) is 18.8. The second-order valence-electron chi connectivity index (χ2n) is 8.41. The number of nitriles is 1. The third-order valence-electron chi connectivity index (χ3n) is 6.16. The molecule has 3 aromatic heterocycles. The minimum absolute atomic E-state index is 0.0624. The van der Waals surface area contributed by atoms with Crippen molar-refractivity contribution in [3.8, 4) is 23.1 Å². The van der Waals surface area contributed by atoms with Crippen LogP contribution in [0, 0.1) is 18.3 Å². The number of para-hydroxylation sites is 1. The van der Waals surface area contributed by atoms with Gasteiger partial charge in [-0.15, -0.1) is 0 Å². The maximum atomic E-state index is 12.2. The highest BCUT2D eigenvalue weighted by Gasteiger charge is 2.15. The molecule has 0 saturated carbocycles. The highest BCUT2D eigenvalue weighted by Crippen LogP contribution is 2.37. The molecule has 0 unspecified atom stereocenters. The second-order valence-corrected chi connectivity index (χ2v) is 8.41. The molecular formula is C29H19N3O3. The second kappa shape index (κ2) is 8.15. The maximum Gasteiger partial charge on any atom is 0.266 e. The van der Waals surface area contributed by atoms with Gasteiger partial charge in [-0.1, -0.05) is 42.5 Å². The van der Waals surface area contributed by atoms with Crippen LogP contribution in [0.1, 0.15) is 16.8 Å². The highest BCUT2D eigenvalue weighted by atomic mass is 16.5. The average molecular weight is 457 g/mol. The predicted molar refractivity (Wildman–Crippen MR) is 135 cm³/mol. The molecule has 168 valence electrons. The smallest absolute Gasteiger partial charge is 0.266 e. The molecule has 0 radical (unpaired) electrons. The van der Waals surface area contributed by atoms with Gasteiger partial charge in [-0.05, 0) is 48.9 Å². The Bertz CT molecular complexity index is 1860. The molecule has 35 heavy (non-hydrogen) atoms. The first kappa shape index (κ1) is 20.7. The lowest BCUT2D eigenvalue weighted by Gasteiger charge is -2.07. The van der Waals surface area contributed by atoms with E-state index in [9.17, 15) is 10.1 Å². The molecule has 6 nitrogen and oxygen atoms in total. The van der Waals surface area contributed by atoms with Gasteiger partial charge in [0.15, 0.2) is 0 Å². The number of furan rings is 1. The Kier molecular flexibility index (Phi) is 4.82. The molecule has 6 rings (SSSR count). The monoisotopic (exact) mass is 457 g/mol. The molecule has 0 fully saturated rings. The third-order valence-corrected chi connectivity index (χ3v) is 6.16. The van der Waals surface area contributed by atoms with Crippen molar-refractivity contribution in [1.29, 1.82) is 5.26 Å². The fraction of sp³-hybridized carbons (Fsp3) is 0.0690. The van der Waals surface area contributed by atoms with Crippen molar-refractivity contribution < 1.29 is 9.15 Å². The van der Waals surface area contributed by atoms with Gasteiger partial charge in [0.25, 0.3) is 5.56 Å². The summed E-state index contributed by atoms with van der Waals surface area (Å²) in [5.41, 5.74) is 4.49. The van der Waals surface area contributed by atoms with Crippen molar-refractivity contribution >= 4 is 32.8 Å². The third kappa shape index (κ3) is 3.60. The molecule has 6 heteroatoms. The van der Waals surface area contributed by atoms with Crippen LogP contribution in [0.15, 0.2) is 88.1 Å². The zero-order valence-electron chi connectivity index (χ0n) is 18.8. The summed E-state index contributed by atoms with van der Waals surface area (Å²) in [6.07, 6.45) is 0. The van der Waals surface area contributed by atoms with Crippen LogP contribution in [0.25, 0.3) is 44.1 Å². The molecule has 0 spiro atoms. The fourth-order valence-electron chi connectivity index (χ4n) is 4.37. The Labute approximate surface area is 200 Å². The van der Waals surface area contributed by atoms with Crippen molar-refractivity contribution in [3.05, 3.63) is 106 Å². The molecule has 0 amide bonds. The van der Waals surface area contributed by atoms with E-state index in [1.807, 2.05) is 85.8 Å². The molecule has 0 bridgehead atoms. The van der Waals surface area contributed by atoms with Gasteiger partial charge < -0.3 is 14.1 Å². The van der Waals surface area contributed by atoms with E-state index in [1.165, 1.54) is 0 Å². The lowest BCUT2D eigenvalue weighted by Crippen LogP contribution is -2.10. The summed E-state index contributed by atoms with van der Waals surface area (Å²) in [6.45, 7) is 2.24. The highest BCUT2D eigenvalue weighted by molar-refractivity contribution is 5.98. The number of benzene rings is 3. The van der Waals surface area contributed by atoms with Crippen LogP contribution in [0.5, 0.6) is 5.75 Å². The molecule has 0 aliphatic carbocycles. The zero-order chi connectivity index (χ0) is 23.9. The summed E-state index contributed by atoms with van der Waals surface area (Å²) >= 11 is 0. The average Bonchev–Trinajstić information content (AvgIpc) is 3.32. The first-order valence-electron chi connectivity index (χ1n) is 11.2. The van der Waals surface area contributed by atoms with Crippen LogP contribution in [0.2, 0.25) is 0 Å². The van der Waals surface area contributed by atoms with Crippen LogP contribution in [0.3, 0.4) is 0 Å². The number of nitrogens with one attached hydrogen (secondary N) is 1. The maximum absolute atomic E-state index is 12.2. The molecule has 6 aromatic rings. The number of rotatable bonds is 4. The minimum atomic E-state index is -0.400. The van der Waals surface area contributed by atoms with Crippen LogP contribution in [-0.4, -0.2) is 9.97 Å². The Morgan fingerprint density at radius 1 is 1.00 bits per heavy atom. The van der Waals surface area contributed by atoms with Gasteiger partial charge in [0.1, 0.15) is 35.3 Å². The van der Waals surface area contributed by atoms with Crippen molar-refractivity contribution in [2.75, 3.05) is 0 Å². The van der Waals surface area contributed by atoms with Gasteiger partial charge in [-0.2, -0.15) is 5.26 Å². The van der Waals surface area contributed by atoms with E-state index in [4.69, 9.17) is 9.15 Å². The summed E-state index contributed by atoms with van der Waals surface area (Å²) < 4.78 is 12.3. The van der Waals surface area contributed by atoms with Crippen LogP contribution >= 0.6 is 0 Å². The predicted octanol–water partition coefficient (Wildman–Crippen LogP) is 6.25. The van der Waals surface area contributed by atoms with Gasteiger partial charge in [0.2, 0.25) is 0 Å². The number of pyridine rings is 2. The van der Waals surface area contributed by atoms with Gasteiger partial charge in [-0.25, -0.2) is 4.98 Å². The number of hydrogen-bond acceptors (Lipinski definition) is 5. The molecule has 0 aliphatic rings. The van der Waals surface area contributed by atoms with E-state index in [2.05, 4.69) is 9.97 Å². The first-order valence-corrected chi connectivity index (χ1v) is 11.2. The Morgan fingerprint density at radius 2 is 1.89 bits per heavy atom. The number of hydrogen-bond donors (Lipinski definition) is 1. The molecular weight excluding hydrogens is 438 g/mol. The van der Waals surface area contributed by atoms with E-state index in [-0.39, 0.29) is 5.56 Å². The van der Waals surface area contributed by atoms with Crippen LogP contribution < -0.4 is 10.3 Å². The van der Waals surface area contributed by atoms with E-state index in [0.717, 1.165) is 38.5 Å². The summed E-state index contributed by atoms with van der Waals surface area (Å²) in [5.74, 6) is 1.32. The molecule has 3 heterocycles. The van der Waals surface area contributed by atoms with E-state index in [0.29, 0.717) is 29.2 Å². The number of H-pyrrole nitrogens is 1. The van der Waals surface area contributed by atoms with Crippen LogP contribution in [0.4, 0.5) is 0 Å². The van der Waals surface area contributed by atoms with Crippen molar-refractivity contribution in [2.24, 2.45) is 0 Å². The lowest BCUT2D eigenvalue weighted by molar-refractivity contribution is 0.305. The minimum Gasteiger partial charge on any atom is -0.487 e. The van der Waals surface area contributed by atoms with E-state index >= 15 is 0 Å². The molecule has 1 N–H and O–H groups in total. The number of aryl methyl sites for hydroxylation is 1. The fourth-order valence-corrected chi connectivity index (χ4v) is 4.37. The van der Waals surface area contributed by atoms with Gasteiger partial charge in [0.05, 0.1) is 22.1 Å². The Balaban J connectivity index is 1.40. The Hall–Kier alpha value is -4.89. The normalized spacial score (nSPS) is 11.2. The quantitative estimate of drug-likeness (QED) is 0.338. The topological polar surface area (TPSA) is 91.9 Å². The van der Waals surface area contributed by atoms with Crippen molar-refractivity contribution in [2.45, 2.75) is 13.5 Å². The van der Waals surface area contributed by atoms with Gasteiger partial charge in [0, 0.05) is 16.3 Å². The summed E-state index contributed by atoms with van der Waals surface area (Å²) in [6, 6.07) is 27.0. The summed E-state index contributed by atoms with van der Waals surface area (Å²) in [7, 11) is 0. The first-order chi connectivity index (χ1) is 17.1. The Morgan fingerprint density at radius 3 is 2.77 bits per heavy atom. The largest absolute Gasteiger partial charge is 0.487 e. The number of aromatic amines is 1. The van der Waals surface area contributed by atoms with Gasteiger partial charge in [-0.3, -0.25) is 4.79 Å².